The van der Waals surface area contributed by atoms with E-state index in [9.17, 15) is 9.36 Å². The standard InChI is InChI=1S/C14H21O4P/c1-3-4-11-18-14(15)10-12-19(16,17-2)13-8-6-5-7-9-13/h5-9H,3-4,10-12H2,1-2H3. The van der Waals surface area contributed by atoms with Crippen LogP contribution >= 0.6 is 7.37 Å². The first-order chi connectivity index (χ1) is 9.12. The van der Waals surface area contributed by atoms with Gasteiger partial charge in [-0.05, 0) is 18.6 Å². The minimum atomic E-state index is -2.95. The fourth-order valence-electron chi connectivity index (χ4n) is 1.62. The van der Waals surface area contributed by atoms with Crippen molar-refractivity contribution < 1.29 is 18.6 Å². The molecule has 0 aliphatic carbocycles. The molecule has 0 bridgehead atoms. The Morgan fingerprint density at radius 1 is 1.26 bits per heavy atom. The maximum Gasteiger partial charge on any atom is 0.306 e. The molecule has 0 saturated heterocycles. The van der Waals surface area contributed by atoms with Crippen molar-refractivity contribution in [2.45, 2.75) is 26.2 Å². The zero-order valence-corrected chi connectivity index (χ0v) is 12.4. The van der Waals surface area contributed by atoms with Gasteiger partial charge < -0.3 is 9.26 Å². The summed E-state index contributed by atoms with van der Waals surface area (Å²) in [6, 6.07) is 8.98. The van der Waals surface area contributed by atoms with Gasteiger partial charge in [-0.2, -0.15) is 0 Å². The van der Waals surface area contributed by atoms with Gasteiger partial charge in [0, 0.05) is 18.6 Å². The molecule has 0 saturated carbocycles. The van der Waals surface area contributed by atoms with Gasteiger partial charge in [0.25, 0.3) is 0 Å². The highest BCUT2D eigenvalue weighted by atomic mass is 31.2. The van der Waals surface area contributed by atoms with Crippen LogP contribution in [0.15, 0.2) is 30.3 Å². The first kappa shape index (κ1) is 15.9. The SMILES string of the molecule is CCCCOC(=O)CCP(=O)(OC)c1ccccc1. The Balaban J connectivity index is 2.53. The molecule has 19 heavy (non-hydrogen) atoms. The Kier molecular flexibility index (Phi) is 6.82. The predicted molar refractivity (Wildman–Crippen MR) is 76.0 cm³/mol. The largest absolute Gasteiger partial charge is 0.466 e. The Bertz CT molecular complexity index is 430. The molecule has 0 heterocycles. The van der Waals surface area contributed by atoms with E-state index in [0.717, 1.165) is 12.8 Å². The molecule has 0 aromatic heterocycles. The average Bonchev–Trinajstić information content (AvgIpc) is 2.46. The van der Waals surface area contributed by atoms with E-state index in [4.69, 9.17) is 9.26 Å². The molecule has 1 aromatic rings. The second kappa shape index (κ2) is 8.13. The zero-order valence-electron chi connectivity index (χ0n) is 11.5. The molecule has 1 rings (SSSR count). The van der Waals surface area contributed by atoms with Crippen molar-refractivity contribution in [1.29, 1.82) is 0 Å². The van der Waals surface area contributed by atoms with Crippen molar-refractivity contribution in [3.05, 3.63) is 30.3 Å². The van der Waals surface area contributed by atoms with E-state index in [-0.39, 0.29) is 18.6 Å². The number of hydrogen-bond donors (Lipinski definition) is 0. The van der Waals surface area contributed by atoms with E-state index in [1.807, 2.05) is 13.0 Å². The molecular formula is C14H21O4P. The summed E-state index contributed by atoms with van der Waals surface area (Å²) in [5.74, 6) is -0.318. The summed E-state index contributed by atoms with van der Waals surface area (Å²) < 4.78 is 22.8. The first-order valence-electron chi connectivity index (χ1n) is 6.48. The number of carbonyl (C=O) groups is 1. The van der Waals surface area contributed by atoms with E-state index in [0.29, 0.717) is 11.9 Å². The van der Waals surface area contributed by atoms with Gasteiger partial charge >= 0.3 is 5.97 Å². The van der Waals surface area contributed by atoms with Gasteiger partial charge in [-0.3, -0.25) is 9.36 Å². The van der Waals surface area contributed by atoms with Crippen molar-refractivity contribution in [3.8, 4) is 0 Å². The highest BCUT2D eigenvalue weighted by molar-refractivity contribution is 7.67. The highest BCUT2D eigenvalue weighted by Gasteiger charge is 2.25. The summed E-state index contributed by atoms with van der Waals surface area (Å²) in [4.78, 5) is 11.5. The smallest absolute Gasteiger partial charge is 0.306 e. The monoisotopic (exact) mass is 284 g/mol. The minimum absolute atomic E-state index is 0.115. The van der Waals surface area contributed by atoms with Crippen molar-refractivity contribution in [2.24, 2.45) is 0 Å². The van der Waals surface area contributed by atoms with Crippen LogP contribution in [-0.2, 0) is 18.6 Å². The second-order valence-corrected chi connectivity index (χ2v) is 6.91. The summed E-state index contributed by atoms with van der Waals surface area (Å²) in [7, 11) is -1.53. The number of unbranched alkanes of at least 4 members (excludes halogenated alkanes) is 1. The van der Waals surface area contributed by atoms with E-state index in [2.05, 4.69) is 0 Å². The minimum Gasteiger partial charge on any atom is -0.466 e. The average molecular weight is 284 g/mol. The third-order valence-corrected chi connectivity index (χ3v) is 5.30. The number of ether oxygens (including phenoxy) is 1. The van der Waals surface area contributed by atoms with Crippen molar-refractivity contribution in [2.75, 3.05) is 19.9 Å². The predicted octanol–water partition coefficient (Wildman–Crippen LogP) is 2.97. The summed E-state index contributed by atoms with van der Waals surface area (Å²) in [5, 5.41) is 0.638. The quantitative estimate of drug-likeness (QED) is 0.418. The molecule has 5 heteroatoms. The van der Waals surface area contributed by atoms with Crippen LogP contribution in [0, 0.1) is 0 Å². The normalized spacial score (nSPS) is 13.8. The van der Waals surface area contributed by atoms with E-state index in [1.165, 1.54) is 7.11 Å². The van der Waals surface area contributed by atoms with Gasteiger partial charge in [0.05, 0.1) is 13.0 Å². The molecule has 1 unspecified atom stereocenters. The maximum atomic E-state index is 12.6. The molecule has 0 aliphatic heterocycles. The van der Waals surface area contributed by atoms with Crippen LogP contribution < -0.4 is 5.30 Å². The molecule has 106 valence electrons. The Morgan fingerprint density at radius 3 is 2.53 bits per heavy atom. The first-order valence-corrected chi connectivity index (χ1v) is 8.29. The van der Waals surface area contributed by atoms with Gasteiger partial charge in [-0.15, -0.1) is 0 Å². The fourth-order valence-corrected chi connectivity index (χ4v) is 3.38. The lowest BCUT2D eigenvalue weighted by atomic mass is 10.4. The van der Waals surface area contributed by atoms with E-state index >= 15 is 0 Å². The Labute approximate surface area is 114 Å². The van der Waals surface area contributed by atoms with Crippen molar-refractivity contribution >= 4 is 18.6 Å². The third kappa shape index (κ3) is 5.17. The third-order valence-electron chi connectivity index (χ3n) is 2.82. The topological polar surface area (TPSA) is 52.6 Å². The maximum absolute atomic E-state index is 12.6. The number of carbonyl (C=O) groups excluding carboxylic acids is 1. The molecule has 1 aromatic carbocycles. The van der Waals surface area contributed by atoms with Crippen LogP contribution in [-0.4, -0.2) is 25.8 Å². The number of benzene rings is 1. The molecule has 0 N–H and O–H groups in total. The lowest BCUT2D eigenvalue weighted by Gasteiger charge is -2.16. The summed E-state index contributed by atoms with van der Waals surface area (Å²) >= 11 is 0. The molecule has 4 nitrogen and oxygen atoms in total. The summed E-state index contributed by atoms with van der Waals surface area (Å²) in [6.45, 7) is 2.46. The summed E-state index contributed by atoms with van der Waals surface area (Å²) in [6.07, 6.45) is 2.13. The number of rotatable bonds is 8. The van der Waals surface area contributed by atoms with Gasteiger partial charge in [-0.25, -0.2) is 0 Å². The van der Waals surface area contributed by atoms with Gasteiger partial charge in [0.1, 0.15) is 0 Å². The van der Waals surface area contributed by atoms with Crippen LogP contribution in [0.2, 0.25) is 0 Å². The molecule has 0 amide bonds. The summed E-state index contributed by atoms with van der Waals surface area (Å²) in [5.41, 5.74) is 0. The highest BCUT2D eigenvalue weighted by Crippen LogP contribution is 2.45. The van der Waals surface area contributed by atoms with E-state index in [1.54, 1.807) is 24.3 Å². The molecule has 0 aliphatic rings. The van der Waals surface area contributed by atoms with Crippen molar-refractivity contribution in [3.63, 3.8) is 0 Å². The van der Waals surface area contributed by atoms with E-state index < -0.39 is 7.37 Å². The fraction of sp³-hybridized carbons (Fsp3) is 0.500. The Hall–Kier alpha value is -1.12. The van der Waals surface area contributed by atoms with Crippen molar-refractivity contribution in [1.82, 2.24) is 0 Å². The zero-order chi connectivity index (χ0) is 14.1. The molecule has 0 fully saturated rings. The van der Waals surface area contributed by atoms with Crippen LogP contribution in [0.1, 0.15) is 26.2 Å². The van der Waals surface area contributed by atoms with Crippen LogP contribution in [0.5, 0.6) is 0 Å². The molecule has 0 radical (unpaired) electrons. The van der Waals surface area contributed by atoms with Gasteiger partial charge in [0.2, 0.25) is 7.37 Å². The van der Waals surface area contributed by atoms with Crippen LogP contribution in [0.4, 0.5) is 0 Å². The van der Waals surface area contributed by atoms with Crippen LogP contribution in [0.3, 0.4) is 0 Å². The van der Waals surface area contributed by atoms with Gasteiger partial charge in [-0.1, -0.05) is 31.5 Å². The lowest BCUT2D eigenvalue weighted by molar-refractivity contribution is -0.143. The molecule has 1 atom stereocenters. The lowest BCUT2D eigenvalue weighted by Crippen LogP contribution is -2.13. The molecular weight excluding hydrogens is 263 g/mol. The Morgan fingerprint density at radius 2 is 1.95 bits per heavy atom. The molecule has 0 spiro atoms. The van der Waals surface area contributed by atoms with Crippen LogP contribution in [0.25, 0.3) is 0 Å². The van der Waals surface area contributed by atoms with Gasteiger partial charge in [0.15, 0.2) is 0 Å². The number of esters is 1. The number of hydrogen-bond acceptors (Lipinski definition) is 4. The second-order valence-electron chi connectivity index (χ2n) is 4.24.